The summed E-state index contributed by atoms with van der Waals surface area (Å²) in [4.78, 5) is 9.77. The minimum atomic E-state index is -4.66. The van der Waals surface area contributed by atoms with Crippen LogP contribution in [0, 0.1) is 10.1 Å². The van der Waals surface area contributed by atoms with Crippen molar-refractivity contribution >= 4 is 5.69 Å². The largest absolute Gasteiger partial charge is 0.491 e. The zero-order valence-electron chi connectivity index (χ0n) is 10.4. The quantitative estimate of drug-likeness (QED) is 0.631. The van der Waals surface area contributed by atoms with E-state index in [1.54, 1.807) is 0 Å². The lowest BCUT2D eigenvalue weighted by Gasteiger charge is -2.13. The molecule has 20 heavy (non-hydrogen) atoms. The van der Waals surface area contributed by atoms with Crippen molar-refractivity contribution in [3.05, 3.63) is 33.9 Å². The van der Waals surface area contributed by atoms with Crippen molar-refractivity contribution in [3.8, 4) is 5.75 Å². The molecule has 1 aliphatic heterocycles. The highest BCUT2D eigenvalue weighted by Crippen LogP contribution is 2.35. The Hall–Kier alpha value is -1.83. The zero-order valence-corrected chi connectivity index (χ0v) is 10.4. The van der Waals surface area contributed by atoms with Crippen LogP contribution in [0.5, 0.6) is 5.75 Å². The van der Waals surface area contributed by atoms with E-state index in [-0.39, 0.29) is 18.5 Å². The number of nitro groups is 1. The number of alkyl halides is 3. The summed E-state index contributed by atoms with van der Waals surface area (Å²) >= 11 is 0. The monoisotopic (exact) mass is 291 g/mol. The average Bonchev–Trinajstić information content (AvgIpc) is 2.88. The maximum atomic E-state index is 12.6. The van der Waals surface area contributed by atoms with Crippen molar-refractivity contribution in [1.82, 2.24) is 0 Å². The second-order valence-electron chi connectivity index (χ2n) is 4.42. The maximum Gasteiger partial charge on any atom is 0.416 e. The minimum absolute atomic E-state index is 0.0818. The fraction of sp³-hybridized carbons (Fsp3) is 0.500. The molecule has 8 heteroatoms. The summed E-state index contributed by atoms with van der Waals surface area (Å²) in [6.45, 7) is 0.676. The van der Waals surface area contributed by atoms with Crippen LogP contribution in [0.15, 0.2) is 18.2 Å². The molecule has 0 bridgehead atoms. The van der Waals surface area contributed by atoms with Gasteiger partial charge < -0.3 is 9.47 Å². The first-order valence-corrected chi connectivity index (χ1v) is 5.97. The molecule has 1 heterocycles. The highest BCUT2D eigenvalue weighted by Gasteiger charge is 2.33. The predicted octanol–water partition coefficient (Wildman–Crippen LogP) is 3.17. The van der Waals surface area contributed by atoms with Crippen LogP contribution in [-0.4, -0.2) is 24.2 Å². The SMILES string of the molecule is O=[N+]([O-])c1cc(OC[C@H]2CCCO2)cc(C(F)(F)F)c1. The van der Waals surface area contributed by atoms with Gasteiger partial charge in [-0.3, -0.25) is 10.1 Å². The smallest absolute Gasteiger partial charge is 0.416 e. The third kappa shape index (κ3) is 3.60. The van der Waals surface area contributed by atoms with Gasteiger partial charge in [-0.05, 0) is 18.9 Å². The second kappa shape index (κ2) is 5.66. The van der Waals surface area contributed by atoms with Gasteiger partial charge in [-0.15, -0.1) is 0 Å². The first-order valence-electron chi connectivity index (χ1n) is 5.97. The zero-order chi connectivity index (χ0) is 14.8. The highest BCUT2D eigenvalue weighted by molar-refractivity contribution is 5.43. The Morgan fingerprint density at radius 2 is 2.15 bits per heavy atom. The topological polar surface area (TPSA) is 61.6 Å². The molecule has 0 spiro atoms. The first-order chi connectivity index (χ1) is 9.36. The molecule has 1 aliphatic rings. The maximum absolute atomic E-state index is 12.6. The van der Waals surface area contributed by atoms with Gasteiger partial charge in [0, 0.05) is 12.7 Å². The lowest BCUT2D eigenvalue weighted by molar-refractivity contribution is -0.385. The molecular weight excluding hydrogens is 279 g/mol. The second-order valence-corrected chi connectivity index (χ2v) is 4.42. The Kier molecular flexibility index (Phi) is 4.12. The number of non-ortho nitro benzene ring substituents is 1. The average molecular weight is 291 g/mol. The van der Waals surface area contributed by atoms with Crippen LogP contribution < -0.4 is 4.74 Å². The number of nitrogens with zero attached hydrogens (tertiary/aromatic N) is 1. The van der Waals surface area contributed by atoms with E-state index >= 15 is 0 Å². The standard InChI is InChI=1S/C12H12F3NO4/c13-12(14,15)8-4-9(16(17)18)6-11(5-8)20-7-10-2-1-3-19-10/h4-6,10H,1-3,7H2/t10-/m1/s1. The van der Waals surface area contributed by atoms with Crippen LogP contribution in [0.4, 0.5) is 18.9 Å². The number of hydrogen-bond acceptors (Lipinski definition) is 4. The highest BCUT2D eigenvalue weighted by atomic mass is 19.4. The fourth-order valence-corrected chi connectivity index (χ4v) is 1.90. The molecule has 0 unspecified atom stereocenters. The van der Waals surface area contributed by atoms with E-state index in [9.17, 15) is 23.3 Å². The van der Waals surface area contributed by atoms with Gasteiger partial charge in [0.05, 0.1) is 22.7 Å². The number of nitro benzene ring substituents is 1. The van der Waals surface area contributed by atoms with Crippen molar-refractivity contribution in [1.29, 1.82) is 0 Å². The van der Waals surface area contributed by atoms with E-state index in [1.165, 1.54) is 0 Å². The van der Waals surface area contributed by atoms with E-state index in [0.717, 1.165) is 25.0 Å². The molecule has 0 aliphatic carbocycles. The molecule has 0 aromatic heterocycles. The van der Waals surface area contributed by atoms with E-state index in [1.807, 2.05) is 0 Å². The molecule has 2 rings (SSSR count). The number of halogens is 3. The molecule has 0 saturated carbocycles. The normalized spacial score (nSPS) is 19.1. The van der Waals surface area contributed by atoms with Crippen LogP contribution in [-0.2, 0) is 10.9 Å². The molecule has 0 radical (unpaired) electrons. The van der Waals surface area contributed by atoms with Crippen molar-refractivity contribution < 1.29 is 27.6 Å². The van der Waals surface area contributed by atoms with Crippen LogP contribution in [0.2, 0.25) is 0 Å². The summed E-state index contributed by atoms with van der Waals surface area (Å²) in [7, 11) is 0. The molecule has 110 valence electrons. The number of ether oxygens (including phenoxy) is 2. The Morgan fingerprint density at radius 1 is 1.40 bits per heavy atom. The van der Waals surface area contributed by atoms with Crippen molar-refractivity contribution in [2.45, 2.75) is 25.1 Å². The molecular formula is C12H12F3NO4. The van der Waals surface area contributed by atoms with Gasteiger partial charge in [0.15, 0.2) is 0 Å². The molecule has 1 saturated heterocycles. The summed E-state index contributed by atoms with van der Waals surface area (Å²) in [5.74, 6) is -0.179. The predicted molar refractivity (Wildman–Crippen MR) is 62.6 cm³/mol. The Balaban J connectivity index is 2.17. The summed E-state index contributed by atoms with van der Waals surface area (Å²) < 4.78 is 48.4. The van der Waals surface area contributed by atoms with E-state index in [2.05, 4.69) is 0 Å². The summed E-state index contributed by atoms with van der Waals surface area (Å²) in [5, 5.41) is 10.7. The molecule has 1 fully saturated rings. The van der Waals surface area contributed by atoms with Crippen molar-refractivity contribution in [3.63, 3.8) is 0 Å². The molecule has 0 N–H and O–H groups in total. The van der Waals surface area contributed by atoms with Crippen LogP contribution in [0.25, 0.3) is 0 Å². The van der Waals surface area contributed by atoms with E-state index in [4.69, 9.17) is 9.47 Å². The van der Waals surface area contributed by atoms with Gasteiger partial charge in [0.2, 0.25) is 0 Å². The van der Waals surface area contributed by atoms with Gasteiger partial charge in [-0.2, -0.15) is 13.2 Å². The van der Waals surface area contributed by atoms with Crippen LogP contribution >= 0.6 is 0 Å². The fourth-order valence-electron chi connectivity index (χ4n) is 1.90. The van der Waals surface area contributed by atoms with Crippen LogP contribution in [0.1, 0.15) is 18.4 Å². The molecule has 1 aromatic carbocycles. The van der Waals surface area contributed by atoms with Crippen molar-refractivity contribution in [2.75, 3.05) is 13.2 Å². The van der Waals surface area contributed by atoms with Gasteiger partial charge in [-0.25, -0.2) is 0 Å². The molecule has 1 atom stereocenters. The van der Waals surface area contributed by atoms with Gasteiger partial charge in [-0.1, -0.05) is 0 Å². The lowest BCUT2D eigenvalue weighted by Crippen LogP contribution is -2.16. The Bertz CT molecular complexity index is 498. The van der Waals surface area contributed by atoms with Gasteiger partial charge >= 0.3 is 6.18 Å². The number of benzene rings is 1. The summed E-state index contributed by atoms with van der Waals surface area (Å²) in [6.07, 6.45) is -3.20. The van der Waals surface area contributed by atoms with E-state index in [0.29, 0.717) is 12.7 Å². The summed E-state index contributed by atoms with van der Waals surface area (Å²) in [6, 6.07) is 2.21. The van der Waals surface area contributed by atoms with Crippen LogP contribution in [0.3, 0.4) is 0 Å². The first kappa shape index (κ1) is 14.6. The minimum Gasteiger partial charge on any atom is -0.491 e. The van der Waals surface area contributed by atoms with Gasteiger partial charge in [0.25, 0.3) is 5.69 Å². The Labute approximate surface area is 112 Å². The Morgan fingerprint density at radius 3 is 2.70 bits per heavy atom. The van der Waals surface area contributed by atoms with Gasteiger partial charge in [0.1, 0.15) is 12.4 Å². The summed E-state index contributed by atoms with van der Waals surface area (Å²) in [5.41, 5.74) is -1.75. The third-order valence-corrected chi connectivity index (χ3v) is 2.89. The van der Waals surface area contributed by atoms with Crippen molar-refractivity contribution in [2.24, 2.45) is 0 Å². The molecule has 5 nitrogen and oxygen atoms in total. The third-order valence-electron chi connectivity index (χ3n) is 2.89. The number of hydrogen-bond donors (Lipinski definition) is 0. The molecule has 0 amide bonds. The van der Waals surface area contributed by atoms with E-state index < -0.39 is 22.4 Å². The number of rotatable bonds is 4. The lowest BCUT2D eigenvalue weighted by atomic mass is 10.2. The molecule has 1 aromatic rings.